The van der Waals surface area contributed by atoms with Gasteiger partial charge in [-0.15, -0.1) is 0 Å². The van der Waals surface area contributed by atoms with Crippen molar-refractivity contribution in [2.45, 2.75) is 6.42 Å². The molecule has 6 heteroatoms. The quantitative estimate of drug-likeness (QED) is 0.669. The van der Waals surface area contributed by atoms with E-state index in [0.717, 1.165) is 55.6 Å². The van der Waals surface area contributed by atoms with Gasteiger partial charge in [-0.1, -0.05) is 35.5 Å². The summed E-state index contributed by atoms with van der Waals surface area (Å²) in [6.07, 6.45) is 0.959. The van der Waals surface area contributed by atoms with Gasteiger partial charge < -0.3 is 19.6 Å². The van der Waals surface area contributed by atoms with E-state index in [1.807, 2.05) is 42.5 Å². The molecule has 1 aliphatic rings. The number of carbonyl (C=O) groups is 1. The Labute approximate surface area is 165 Å². The number of amides is 1. The third kappa shape index (κ3) is 4.24. The Morgan fingerprint density at radius 1 is 1.11 bits per heavy atom. The summed E-state index contributed by atoms with van der Waals surface area (Å²) in [4.78, 5) is 17.4. The third-order valence-corrected chi connectivity index (χ3v) is 5.31. The predicted molar refractivity (Wildman–Crippen MR) is 110 cm³/mol. The van der Waals surface area contributed by atoms with Crippen LogP contribution in [-0.4, -0.2) is 67.2 Å². The van der Waals surface area contributed by atoms with Crippen LogP contribution in [0.2, 0.25) is 0 Å². The van der Waals surface area contributed by atoms with E-state index >= 15 is 0 Å². The number of carbonyl (C=O) groups excluding carboxylic acids is 1. The number of aromatic nitrogens is 1. The molecule has 28 heavy (non-hydrogen) atoms. The molecule has 6 nitrogen and oxygen atoms in total. The molecule has 1 N–H and O–H groups in total. The molecule has 3 aromatic rings. The van der Waals surface area contributed by atoms with Crippen molar-refractivity contribution in [3.05, 3.63) is 54.1 Å². The number of likely N-dealkylation sites (N-methyl/N-ethyl adjacent to an activating group) is 1. The van der Waals surface area contributed by atoms with Gasteiger partial charge in [0.15, 0.2) is 5.76 Å². The first-order valence-electron chi connectivity index (χ1n) is 9.85. The molecule has 146 valence electrons. The van der Waals surface area contributed by atoms with Gasteiger partial charge in [0.2, 0.25) is 0 Å². The zero-order valence-electron chi connectivity index (χ0n) is 16.2. The summed E-state index contributed by atoms with van der Waals surface area (Å²) in [6, 6.07) is 15.3. The smallest absolute Gasteiger partial charge is 0.251 e. The molecule has 2 heterocycles. The summed E-state index contributed by atoms with van der Waals surface area (Å²) in [6.45, 7) is 6.16. The van der Waals surface area contributed by atoms with Crippen LogP contribution >= 0.6 is 0 Å². The topological polar surface area (TPSA) is 61.6 Å². The first kappa shape index (κ1) is 18.7. The number of hydrogen-bond donors (Lipinski definition) is 1. The van der Waals surface area contributed by atoms with Crippen LogP contribution in [0, 0.1) is 0 Å². The van der Waals surface area contributed by atoms with Gasteiger partial charge in [-0.05, 0) is 38.2 Å². The van der Waals surface area contributed by atoms with Gasteiger partial charge in [-0.25, -0.2) is 0 Å². The zero-order valence-corrected chi connectivity index (χ0v) is 16.2. The number of nitrogens with one attached hydrogen (secondary N) is 1. The van der Waals surface area contributed by atoms with E-state index in [2.05, 4.69) is 27.3 Å². The SMILES string of the molecule is CN1CCN(CCCNC(=O)c2ccc3noc(-c4ccccc4)c3c2)CC1. The van der Waals surface area contributed by atoms with Crippen molar-refractivity contribution in [2.24, 2.45) is 0 Å². The van der Waals surface area contributed by atoms with Gasteiger partial charge >= 0.3 is 0 Å². The molecule has 0 atom stereocenters. The maximum Gasteiger partial charge on any atom is 0.251 e. The van der Waals surface area contributed by atoms with Crippen molar-refractivity contribution in [3.8, 4) is 11.3 Å². The van der Waals surface area contributed by atoms with Gasteiger partial charge in [0.1, 0.15) is 5.52 Å². The van der Waals surface area contributed by atoms with Crippen molar-refractivity contribution < 1.29 is 9.32 Å². The highest BCUT2D eigenvalue weighted by Gasteiger charge is 2.15. The molecule has 0 bridgehead atoms. The van der Waals surface area contributed by atoms with E-state index in [1.54, 1.807) is 6.07 Å². The van der Waals surface area contributed by atoms with E-state index in [4.69, 9.17) is 4.52 Å². The molecule has 0 radical (unpaired) electrons. The number of hydrogen-bond acceptors (Lipinski definition) is 5. The fourth-order valence-electron chi connectivity index (χ4n) is 3.56. The van der Waals surface area contributed by atoms with Crippen molar-refractivity contribution in [1.29, 1.82) is 0 Å². The Morgan fingerprint density at radius 2 is 1.89 bits per heavy atom. The summed E-state index contributed by atoms with van der Waals surface area (Å²) in [5.41, 5.74) is 2.34. The van der Waals surface area contributed by atoms with Crippen LogP contribution in [0.25, 0.3) is 22.2 Å². The van der Waals surface area contributed by atoms with Crippen LogP contribution in [0.3, 0.4) is 0 Å². The molecule has 1 aromatic heterocycles. The lowest BCUT2D eigenvalue weighted by molar-refractivity contribution is 0.0949. The Morgan fingerprint density at radius 3 is 2.68 bits per heavy atom. The number of nitrogens with zero attached hydrogens (tertiary/aromatic N) is 3. The second-order valence-electron chi connectivity index (χ2n) is 7.36. The fraction of sp³-hybridized carbons (Fsp3) is 0.364. The number of benzene rings is 2. The molecule has 1 fully saturated rings. The monoisotopic (exact) mass is 378 g/mol. The van der Waals surface area contributed by atoms with Crippen LogP contribution < -0.4 is 5.32 Å². The molecular formula is C22H26N4O2. The average Bonchev–Trinajstić information content (AvgIpc) is 3.16. The third-order valence-electron chi connectivity index (χ3n) is 5.31. The lowest BCUT2D eigenvalue weighted by Crippen LogP contribution is -2.45. The fourth-order valence-corrected chi connectivity index (χ4v) is 3.56. The molecule has 0 unspecified atom stereocenters. The van der Waals surface area contributed by atoms with Crippen molar-refractivity contribution in [1.82, 2.24) is 20.3 Å². The second kappa shape index (κ2) is 8.54. The second-order valence-corrected chi connectivity index (χ2v) is 7.36. The van der Waals surface area contributed by atoms with Gasteiger partial charge in [0, 0.05) is 43.9 Å². The highest BCUT2D eigenvalue weighted by Crippen LogP contribution is 2.29. The Balaban J connectivity index is 1.36. The number of fused-ring (bicyclic) bond motifs is 1. The molecule has 4 rings (SSSR count). The standard InChI is InChI=1S/C22H26N4O2/c1-25-12-14-26(15-13-25)11-5-10-23-22(27)18-8-9-20-19(16-18)21(28-24-20)17-6-3-2-4-7-17/h2-4,6-9,16H,5,10-15H2,1H3,(H,23,27). The maximum atomic E-state index is 12.6. The normalized spacial score (nSPS) is 15.8. The van der Waals surface area contributed by atoms with Crippen LogP contribution in [0.5, 0.6) is 0 Å². The molecule has 0 spiro atoms. The molecule has 2 aromatic carbocycles. The van der Waals surface area contributed by atoms with Gasteiger partial charge in [-0.2, -0.15) is 0 Å². The first-order valence-corrected chi connectivity index (χ1v) is 9.85. The predicted octanol–water partition coefficient (Wildman–Crippen LogP) is 2.86. The molecule has 0 saturated carbocycles. The van der Waals surface area contributed by atoms with Gasteiger partial charge in [-0.3, -0.25) is 4.79 Å². The van der Waals surface area contributed by atoms with E-state index in [-0.39, 0.29) is 5.91 Å². The van der Waals surface area contributed by atoms with Gasteiger partial charge in [0.05, 0.1) is 5.39 Å². The zero-order chi connectivity index (χ0) is 19.3. The minimum atomic E-state index is -0.0551. The van der Waals surface area contributed by atoms with Crippen LogP contribution in [0.15, 0.2) is 53.1 Å². The van der Waals surface area contributed by atoms with E-state index in [1.165, 1.54) is 0 Å². The van der Waals surface area contributed by atoms with Crippen molar-refractivity contribution in [2.75, 3.05) is 46.3 Å². The van der Waals surface area contributed by atoms with Crippen molar-refractivity contribution >= 4 is 16.8 Å². The number of rotatable bonds is 6. The molecule has 1 amide bonds. The average molecular weight is 378 g/mol. The highest BCUT2D eigenvalue weighted by molar-refractivity contribution is 6.00. The van der Waals surface area contributed by atoms with E-state index < -0.39 is 0 Å². The lowest BCUT2D eigenvalue weighted by atomic mass is 10.1. The van der Waals surface area contributed by atoms with Crippen molar-refractivity contribution in [3.63, 3.8) is 0 Å². The van der Waals surface area contributed by atoms with E-state index in [0.29, 0.717) is 17.9 Å². The Kier molecular flexibility index (Phi) is 5.69. The Hall–Kier alpha value is -2.70. The summed E-state index contributed by atoms with van der Waals surface area (Å²) in [7, 11) is 2.16. The van der Waals surface area contributed by atoms with Crippen LogP contribution in [-0.2, 0) is 0 Å². The van der Waals surface area contributed by atoms with Gasteiger partial charge in [0.25, 0.3) is 5.91 Å². The molecule has 1 aliphatic heterocycles. The largest absolute Gasteiger partial charge is 0.355 e. The summed E-state index contributed by atoms with van der Waals surface area (Å²) in [5, 5.41) is 8.01. The van der Waals surface area contributed by atoms with E-state index in [9.17, 15) is 4.79 Å². The minimum Gasteiger partial charge on any atom is -0.355 e. The van der Waals surface area contributed by atoms with Crippen LogP contribution in [0.4, 0.5) is 0 Å². The Bertz CT molecular complexity index is 930. The number of piperazine rings is 1. The molecule has 1 saturated heterocycles. The first-order chi connectivity index (χ1) is 13.7. The highest BCUT2D eigenvalue weighted by atomic mass is 16.5. The summed E-state index contributed by atoms with van der Waals surface area (Å²) >= 11 is 0. The minimum absolute atomic E-state index is 0.0551. The lowest BCUT2D eigenvalue weighted by Gasteiger charge is -2.32. The molecule has 0 aliphatic carbocycles. The maximum absolute atomic E-state index is 12.6. The summed E-state index contributed by atoms with van der Waals surface area (Å²) < 4.78 is 5.52. The molecular weight excluding hydrogens is 352 g/mol. The summed E-state index contributed by atoms with van der Waals surface area (Å²) in [5.74, 6) is 0.640. The van der Waals surface area contributed by atoms with Crippen LogP contribution in [0.1, 0.15) is 16.8 Å².